The Labute approximate surface area is 479 Å². The van der Waals surface area contributed by atoms with Crippen LogP contribution in [0.4, 0.5) is 5.69 Å². The Morgan fingerprint density at radius 1 is 0.716 bits per heavy atom. The lowest BCUT2D eigenvalue weighted by Crippen LogP contribution is -2.55. The van der Waals surface area contributed by atoms with E-state index in [2.05, 4.69) is 31.9 Å². The number of nitrogens with two attached hydrogens (primary N) is 2. The van der Waals surface area contributed by atoms with Crippen LogP contribution < -0.4 is 43.4 Å². The van der Waals surface area contributed by atoms with Crippen LogP contribution in [0.3, 0.4) is 0 Å². The molecule has 1 aromatic carbocycles. The molecule has 2 aliphatic heterocycles. The third-order valence-corrected chi connectivity index (χ3v) is 15.8. The zero-order valence-corrected chi connectivity index (χ0v) is 50.3. The second-order valence-electron chi connectivity index (χ2n) is 22.7. The Hall–Kier alpha value is -6.24. The standard InChI is InChI=1S/C57H96N12O12/c1-14-35(6)51(67(11)48(74)32-61-57(79)50(34(4)5)66(9)10)43(80-12)29-47(73)69-25-15-16-42(69)52(81-13)36(7)54(76)64-41(30-58)28-38-17-19-40(20-18-38)63-45(71)31-60-56(78)49(33(2)3)65-55(77)37(8)62-44(70)21-22-46(72)68-26-23-39(24-27-68)53(59)75/h17-20,33-37,39,41-43,49-52H,14-16,21-32,58H2,1-13H3,(H2,59,75)(H,60,78)(H,61,79)(H,62,70)(H,63,71)(H,64,76)(H,65,77)/t35-,36+,37-,41-,42-,43+,49?,50?,51-,52+/m0/s1. The molecule has 456 valence electrons. The van der Waals surface area contributed by atoms with Gasteiger partial charge in [0.1, 0.15) is 12.1 Å². The number of nitrogens with one attached hydrogen (secondary N) is 6. The molecule has 10 N–H and O–H groups in total. The first-order chi connectivity index (χ1) is 38.2. The Morgan fingerprint density at radius 3 is 1.89 bits per heavy atom. The van der Waals surface area contributed by atoms with Crippen molar-refractivity contribution in [1.82, 2.24) is 46.2 Å². The Morgan fingerprint density at radius 2 is 1.35 bits per heavy atom. The van der Waals surface area contributed by atoms with E-state index in [0.717, 1.165) is 5.56 Å². The maximum atomic E-state index is 14.3. The summed E-state index contributed by atoms with van der Waals surface area (Å²) in [7, 11) is 8.37. The van der Waals surface area contributed by atoms with Crippen molar-refractivity contribution in [3.8, 4) is 0 Å². The van der Waals surface area contributed by atoms with Crippen LogP contribution >= 0.6 is 0 Å². The molecule has 3 rings (SSSR count). The molecule has 0 aliphatic carbocycles. The summed E-state index contributed by atoms with van der Waals surface area (Å²) >= 11 is 0. The third kappa shape index (κ3) is 20.9. The highest BCUT2D eigenvalue weighted by Gasteiger charge is 2.42. The molecule has 0 aromatic heterocycles. The van der Waals surface area contributed by atoms with Gasteiger partial charge in [0.05, 0.1) is 55.8 Å². The van der Waals surface area contributed by atoms with Crippen molar-refractivity contribution >= 4 is 64.8 Å². The van der Waals surface area contributed by atoms with Gasteiger partial charge in [0, 0.05) is 77.9 Å². The first-order valence-corrected chi connectivity index (χ1v) is 28.6. The highest BCUT2D eigenvalue weighted by molar-refractivity contribution is 5.97. The summed E-state index contributed by atoms with van der Waals surface area (Å²) in [5.74, 6) is -5.30. The predicted molar refractivity (Wildman–Crippen MR) is 306 cm³/mol. The van der Waals surface area contributed by atoms with E-state index in [-0.39, 0.29) is 85.6 Å². The van der Waals surface area contributed by atoms with Crippen LogP contribution in [0.15, 0.2) is 24.3 Å². The molecular weight excluding hydrogens is 1040 g/mol. The number of likely N-dealkylation sites (N-methyl/N-ethyl adjacent to an activating group) is 2. The van der Waals surface area contributed by atoms with Crippen molar-refractivity contribution in [3.63, 3.8) is 0 Å². The molecule has 2 unspecified atom stereocenters. The summed E-state index contributed by atoms with van der Waals surface area (Å²) in [5, 5.41) is 16.4. The largest absolute Gasteiger partial charge is 0.379 e. The van der Waals surface area contributed by atoms with E-state index in [0.29, 0.717) is 63.8 Å². The lowest BCUT2D eigenvalue weighted by atomic mass is 9.90. The summed E-state index contributed by atoms with van der Waals surface area (Å²) in [6.07, 6.45) is 1.77. The molecule has 1 aromatic rings. The summed E-state index contributed by atoms with van der Waals surface area (Å²) in [5.41, 5.74) is 12.8. The number of anilines is 1. The van der Waals surface area contributed by atoms with E-state index >= 15 is 0 Å². The lowest BCUT2D eigenvalue weighted by Gasteiger charge is -2.39. The van der Waals surface area contributed by atoms with Gasteiger partial charge < -0.3 is 67.5 Å². The number of hydrogen-bond donors (Lipinski definition) is 8. The number of hydrogen-bond acceptors (Lipinski definition) is 14. The Balaban J connectivity index is 1.52. The molecule has 2 fully saturated rings. The summed E-state index contributed by atoms with van der Waals surface area (Å²) in [6.45, 7) is 15.3. The van der Waals surface area contributed by atoms with Gasteiger partial charge in [0.2, 0.25) is 59.1 Å². The summed E-state index contributed by atoms with van der Waals surface area (Å²) < 4.78 is 12.0. The van der Waals surface area contributed by atoms with Crippen LogP contribution in [0.25, 0.3) is 0 Å². The van der Waals surface area contributed by atoms with E-state index in [4.69, 9.17) is 20.9 Å². The molecule has 0 spiro atoms. The second kappa shape index (κ2) is 33.6. The first-order valence-electron chi connectivity index (χ1n) is 28.6. The van der Waals surface area contributed by atoms with Gasteiger partial charge in [-0.2, -0.15) is 0 Å². The number of carbonyl (C=O) groups excluding carboxylic acids is 10. The van der Waals surface area contributed by atoms with E-state index in [1.807, 2.05) is 46.7 Å². The van der Waals surface area contributed by atoms with E-state index in [1.165, 1.54) is 21.1 Å². The Bertz CT molecular complexity index is 2270. The number of methoxy groups -OCH3 is 2. The molecule has 81 heavy (non-hydrogen) atoms. The zero-order valence-electron chi connectivity index (χ0n) is 50.3. The fourth-order valence-electron chi connectivity index (χ4n) is 10.9. The van der Waals surface area contributed by atoms with Gasteiger partial charge in [0.15, 0.2) is 0 Å². The van der Waals surface area contributed by atoms with Crippen LogP contribution in [-0.4, -0.2) is 202 Å². The van der Waals surface area contributed by atoms with E-state index < -0.39 is 90.5 Å². The number of nitrogens with zero attached hydrogens (tertiary/aromatic N) is 4. The fourth-order valence-corrected chi connectivity index (χ4v) is 10.9. The number of amides is 10. The normalized spacial score (nSPS) is 18.1. The molecule has 0 radical (unpaired) electrons. The maximum Gasteiger partial charge on any atom is 0.243 e. The number of ether oxygens (including phenoxy) is 2. The average Bonchev–Trinajstić information content (AvgIpc) is 3.93. The molecule has 0 saturated carbocycles. The minimum absolute atomic E-state index is 0.0181. The van der Waals surface area contributed by atoms with Gasteiger partial charge >= 0.3 is 0 Å². The summed E-state index contributed by atoms with van der Waals surface area (Å²) in [6, 6.07) is 3.10. The van der Waals surface area contributed by atoms with Crippen LogP contribution in [-0.2, 0) is 63.8 Å². The van der Waals surface area contributed by atoms with Crippen LogP contribution in [0.5, 0.6) is 0 Å². The smallest absolute Gasteiger partial charge is 0.243 e. The highest BCUT2D eigenvalue weighted by atomic mass is 16.5. The van der Waals surface area contributed by atoms with E-state index in [9.17, 15) is 47.9 Å². The highest BCUT2D eigenvalue weighted by Crippen LogP contribution is 2.30. The first kappa shape index (κ1) is 69.0. The van der Waals surface area contributed by atoms with Crippen molar-refractivity contribution in [1.29, 1.82) is 0 Å². The molecule has 2 aliphatic rings. The molecule has 24 nitrogen and oxygen atoms in total. The van der Waals surface area contributed by atoms with Gasteiger partial charge in [-0.1, -0.05) is 67.0 Å². The quantitative estimate of drug-likeness (QED) is 0.0488. The van der Waals surface area contributed by atoms with Crippen LogP contribution in [0, 0.1) is 29.6 Å². The number of benzene rings is 1. The second-order valence-corrected chi connectivity index (χ2v) is 22.7. The number of rotatable bonds is 32. The molecule has 2 heterocycles. The van der Waals surface area contributed by atoms with Crippen molar-refractivity contribution < 1.29 is 57.4 Å². The van der Waals surface area contributed by atoms with Crippen molar-refractivity contribution in [2.45, 2.75) is 162 Å². The maximum absolute atomic E-state index is 14.3. The minimum Gasteiger partial charge on any atom is -0.379 e. The van der Waals surface area contributed by atoms with Gasteiger partial charge in [-0.05, 0) is 88.6 Å². The molecule has 10 amide bonds. The third-order valence-electron chi connectivity index (χ3n) is 15.8. The van der Waals surface area contributed by atoms with E-state index in [1.54, 1.807) is 66.8 Å². The zero-order chi connectivity index (χ0) is 60.8. The van der Waals surface area contributed by atoms with Crippen LogP contribution in [0.2, 0.25) is 0 Å². The topological polar surface area (TPSA) is 326 Å². The number of piperidine rings is 1. The fraction of sp³-hybridized carbons (Fsp3) is 0.719. The van der Waals surface area contributed by atoms with Gasteiger partial charge in [0.25, 0.3) is 0 Å². The van der Waals surface area contributed by atoms with Crippen molar-refractivity contribution in [3.05, 3.63) is 29.8 Å². The minimum atomic E-state index is -1.03. The lowest BCUT2D eigenvalue weighted by molar-refractivity contribution is -0.146. The van der Waals surface area contributed by atoms with Crippen molar-refractivity contribution in [2.24, 2.45) is 41.1 Å². The Kier molecular flexibility index (Phi) is 28.7. The number of primary amides is 1. The monoisotopic (exact) mass is 1140 g/mol. The molecule has 24 heteroatoms. The number of carbonyl (C=O) groups is 10. The number of likely N-dealkylation sites (tertiary alicyclic amines) is 2. The molecule has 10 atom stereocenters. The average molecular weight is 1140 g/mol. The molecule has 0 bridgehead atoms. The predicted octanol–water partition coefficient (Wildman–Crippen LogP) is 0.500. The molecule has 2 saturated heterocycles. The SMILES string of the molecule is CC[C@H](C)[C@@H]([C@@H](CC(=O)N1CCC[C@H]1[C@H](OC)[C@@H](C)C(=O)N[C@H](CN)Cc1ccc(NC(=O)CNC(=O)C(NC(=O)[C@H](C)NC(=O)CCC(=O)N2CCC(C(N)=O)CC2)C(C)C)cc1)OC)N(C)C(=O)CNC(=O)C(C(C)C)N(C)C. The van der Waals surface area contributed by atoms with Gasteiger partial charge in [-0.25, -0.2) is 0 Å². The molecular formula is C57H96N12O12. The van der Waals surface area contributed by atoms with Crippen molar-refractivity contribution in [2.75, 3.05) is 79.9 Å². The van der Waals surface area contributed by atoms with Crippen LogP contribution in [0.1, 0.15) is 112 Å². The van der Waals surface area contributed by atoms with Gasteiger partial charge in [-0.15, -0.1) is 0 Å². The van der Waals surface area contributed by atoms with Gasteiger partial charge in [-0.3, -0.25) is 52.8 Å². The summed E-state index contributed by atoms with van der Waals surface area (Å²) in [4.78, 5) is 137.